The summed E-state index contributed by atoms with van der Waals surface area (Å²) in [4.78, 5) is 10.8. The van der Waals surface area contributed by atoms with Gasteiger partial charge in [0.25, 0.3) is 0 Å². The zero-order valence-corrected chi connectivity index (χ0v) is 15.4. The number of carbonyl (C=O) groups is 1. The molecule has 0 fully saturated rings. The number of allylic oxidation sites excluding steroid dienone is 2. The third-order valence-electron chi connectivity index (χ3n) is 3.24. The Morgan fingerprint density at radius 2 is 1.75 bits per heavy atom. The molecule has 1 unspecified atom stereocenters. The van der Waals surface area contributed by atoms with Crippen molar-refractivity contribution < 1.29 is 4.79 Å². The second-order valence-electron chi connectivity index (χ2n) is 5.22. The molecule has 3 heteroatoms. The number of aldehydes is 1. The number of alkyl halides is 1. The van der Waals surface area contributed by atoms with Crippen LogP contribution < -0.4 is 0 Å². The molecule has 0 aliphatic heterocycles. The van der Waals surface area contributed by atoms with Crippen LogP contribution >= 0.6 is 27.7 Å². The fraction of sp³-hybridized carbons (Fsp3) is 0.824. The van der Waals surface area contributed by atoms with Crippen molar-refractivity contribution in [1.29, 1.82) is 0 Å². The molecule has 0 heterocycles. The van der Waals surface area contributed by atoms with Gasteiger partial charge in [-0.2, -0.15) is 11.8 Å². The minimum atomic E-state index is 0.590. The van der Waals surface area contributed by atoms with E-state index in [2.05, 4.69) is 35.0 Å². The van der Waals surface area contributed by atoms with Gasteiger partial charge < -0.3 is 4.79 Å². The SMILES string of the molecule is CCCCCCCC/C=C\CC(Br)CCSCCC=O. The van der Waals surface area contributed by atoms with E-state index in [-0.39, 0.29) is 0 Å². The van der Waals surface area contributed by atoms with Gasteiger partial charge in [0.05, 0.1) is 0 Å². The highest BCUT2D eigenvalue weighted by atomic mass is 79.9. The molecule has 1 nitrogen and oxygen atoms in total. The maximum absolute atomic E-state index is 10.2. The van der Waals surface area contributed by atoms with Gasteiger partial charge in [-0.25, -0.2) is 0 Å². The van der Waals surface area contributed by atoms with E-state index < -0.39 is 0 Å². The highest BCUT2D eigenvalue weighted by Gasteiger charge is 2.01. The summed E-state index contributed by atoms with van der Waals surface area (Å²) < 4.78 is 0. The van der Waals surface area contributed by atoms with Crippen LogP contribution in [0, 0.1) is 0 Å². The summed E-state index contributed by atoms with van der Waals surface area (Å²) in [7, 11) is 0. The number of halogens is 1. The number of unbranched alkanes of at least 4 members (excludes halogenated alkanes) is 6. The van der Waals surface area contributed by atoms with Crippen LogP contribution in [-0.4, -0.2) is 22.6 Å². The minimum absolute atomic E-state index is 0.590. The van der Waals surface area contributed by atoms with Gasteiger partial charge in [-0.1, -0.05) is 67.1 Å². The Morgan fingerprint density at radius 3 is 2.50 bits per heavy atom. The van der Waals surface area contributed by atoms with E-state index in [1.54, 1.807) is 0 Å². The van der Waals surface area contributed by atoms with Crippen molar-refractivity contribution in [3.8, 4) is 0 Å². The largest absolute Gasteiger partial charge is 0.303 e. The fourth-order valence-electron chi connectivity index (χ4n) is 1.97. The molecule has 0 saturated heterocycles. The number of carbonyl (C=O) groups excluding carboxylic acids is 1. The monoisotopic (exact) mass is 362 g/mol. The van der Waals surface area contributed by atoms with E-state index in [9.17, 15) is 4.79 Å². The summed E-state index contributed by atoms with van der Waals surface area (Å²) in [5.41, 5.74) is 0. The molecule has 0 rings (SSSR count). The summed E-state index contributed by atoms with van der Waals surface area (Å²) in [5.74, 6) is 2.12. The van der Waals surface area contributed by atoms with Crippen molar-refractivity contribution in [2.45, 2.75) is 76.0 Å². The minimum Gasteiger partial charge on any atom is -0.303 e. The molecular weight excluding hydrogens is 332 g/mol. The third-order valence-corrected chi connectivity index (χ3v) is 5.12. The number of rotatable bonds is 15. The Labute approximate surface area is 138 Å². The number of thioether (sulfide) groups is 1. The van der Waals surface area contributed by atoms with Gasteiger partial charge in [0.15, 0.2) is 0 Å². The molecule has 0 aliphatic carbocycles. The Morgan fingerprint density at radius 1 is 1.00 bits per heavy atom. The van der Waals surface area contributed by atoms with Crippen molar-refractivity contribution in [3.63, 3.8) is 0 Å². The smallest absolute Gasteiger partial charge is 0.120 e. The molecule has 0 saturated carbocycles. The lowest BCUT2D eigenvalue weighted by Gasteiger charge is -2.05. The van der Waals surface area contributed by atoms with Crippen LogP contribution in [0.4, 0.5) is 0 Å². The van der Waals surface area contributed by atoms with E-state index in [0.717, 1.165) is 24.2 Å². The standard InChI is InChI=1S/C17H31BrOS/c1-2-3-4-5-6-7-8-9-10-12-17(18)13-16-20-15-11-14-19/h9-10,14,17H,2-8,11-13,15-16H2,1H3/b10-9-. The zero-order valence-electron chi connectivity index (χ0n) is 13.0. The maximum Gasteiger partial charge on any atom is 0.120 e. The first-order valence-corrected chi connectivity index (χ1v) is 10.2. The van der Waals surface area contributed by atoms with Crippen molar-refractivity contribution in [1.82, 2.24) is 0 Å². The van der Waals surface area contributed by atoms with Gasteiger partial charge >= 0.3 is 0 Å². The molecule has 0 aromatic carbocycles. The summed E-state index contributed by atoms with van der Waals surface area (Å²) in [5, 5.41) is 0. The van der Waals surface area contributed by atoms with E-state index >= 15 is 0 Å². The van der Waals surface area contributed by atoms with Crippen molar-refractivity contribution in [2.75, 3.05) is 11.5 Å². The van der Waals surface area contributed by atoms with Gasteiger partial charge in [0.1, 0.15) is 6.29 Å². The molecule has 0 radical (unpaired) electrons. The lowest BCUT2D eigenvalue weighted by atomic mass is 10.1. The van der Waals surface area contributed by atoms with E-state index in [1.165, 1.54) is 51.4 Å². The molecule has 118 valence electrons. The molecule has 0 aromatic heterocycles. The Balaban J connectivity index is 3.25. The van der Waals surface area contributed by atoms with Crippen LogP contribution in [0.15, 0.2) is 12.2 Å². The highest BCUT2D eigenvalue weighted by Crippen LogP contribution is 2.15. The van der Waals surface area contributed by atoms with Crippen molar-refractivity contribution in [3.05, 3.63) is 12.2 Å². The van der Waals surface area contributed by atoms with Gasteiger partial charge in [0.2, 0.25) is 0 Å². The Hall–Kier alpha value is 0.240. The first-order valence-electron chi connectivity index (χ1n) is 8.11. The quantitative estimate of drug-likeness (QED) is 0.150. The maximum atomic E-state index is 10.2. The van der Waals surface area contributed by atoms with E-state index in [0.29, 0.717) is 11.2 Å². The van der Waals surface area contributed by atoms with Gasteiger partial charge in [-0.15, -0.1) is 0 Å². The fourth-order valence-corrected chi connectivity index (χ4v) is 3.63. The van der Waals surface area contributed by atoms with Crippen molar-refractivity contribution in [2.24, 2.45) is 0 Å². The normalized spacial score (nSPS) is 12.9. The molecule has 20 heavy (non-hydrogen) atoms. The van der Waals surface area contributed by atoms with Crippen molar-refractivity contribution >= 4 is 34.0 Å². The van der Waals surface area contributed by atoms with Crippen LogP contribution in [0.25, 0.3) is 0 Å². The lowest BCUT2D eigenvalue weighted by molar-refractivity contribution is -0.107. The topological polar surface area (TPSA) is 17.1 Å². The first-order chi connectivity index (χ1) is 9.81. The predicted octanol–water partition coefficient (Wildman–Crippen LogP) is 6.16. The average Bonchev–Trinajstić information content (AvgIpc) is 2.45. The molecule has 1 atom stereocenters. The van der Waals surface area contributed by atoms with Gasteiger partial charge in [-0.3, -0.25) is 0 Å². The summed E-state index contributed by atoms with van der Waals surface area (Å²) in [6.45, 7) is 2.26. The van der Waals surface area contributed by atoms with Crippen LogP contribution in [-0.2, 0) is 4.79 Å². The summed E-state index contributed by atoms with van der Waals surface area (Å²) in [6.07, 6.45) is 18.2. The molecule has 0 N–H and O–H groups in total. The Bertz CT molecular complexity index is 231. The molecule has 0 aliphatic rings. The second kappa shape index (κ2) is 17.3. The summed E-state index contributed by atoms with van der Waals surface area (Å²) in [6, 6.07) is 0. The number of hydrogen-bond donors (Lipinski definition) is 0. The molecule has 0 aromatic rings. The average molecular weight is 363 g/mol. The van der Waals surface area contributed by atoms with E-state index in [4.69, 9.17) is 0 Å². The molecule has 0 spiro atoms. The molecular formula is C17H31BrOS. The second-order valence-corrected chi connectivity index (χ2v) is 7.74. The molecule has 0 bridgehead atoms. The van der Waals surface area contributed by atoms with Gasteiger partial charge in [-0.05, 0) is 37.2 Å². The van der Waals surface area contributed by atoms with Crippen LogP contribution in [0.5, 0.6) is 0 Å². The van der Waals surface area contributed by atoms with Crippen LogP contribution in [0.1, 0.15) is 71.1 Å². The van der Waals surface area contributed by atoms with Crippen LogP contribution in [0.3, 0.4) is 0 Å². The number of hydrogen-bond acceptors (Lipinski definition) is 2. The van der Waals surface area contributed by atoms with E-state index in [1.807, 2.05) is 11.8 Å². The first kappa shape index (κ1) is 20.2. The lowest BCUT2D eigenvalue weighted by Crippen LogP contribution is -1.98. The third kappa shape index (κ3) is 16.3. The molecule has 0 amide bonds. The van der Waals surface area contributed by atoms with Gasteiger partial charge in [0, 0.05) is 11.2 Å². The zero-order chi connectivity index (χ0) is 14.9. The Kier molecular flexibility index (Phi) is 17.5. The highest BCUT2D eigenvalue weighted by molar-refractivity contribution is 9.09. The summed E-state index contributed by atoms with van der Waals surface area (Å²) >= 11 is 5.60. The van der Waals surface area contributed by atoms with Crippen LogP contribution in [0.2, 0.25) is 0 Å². The predicted molar refractivity (Wildman–Crippen MR) is 97.1 cm³/mol.